The molecule has 63 heavy (non-hydrogen) atoms. The first-order chi connectivity index (χ1) is 30.8. The third-order valence-electron chi connectivity index (χ3n) is 9.36. The van der Waals surface area contributed by atoms with E-state index in [1.165, 1.54) is 38.5 Å². The number of phosphoric acid groups is 1. The van der Waals surface area contributed by atoms with Gasteiger partial charge in [0.2, 0.25) is 0 Å². The van der Waals surface area contributed by atoms with Gasteiger partial charge in [-0.05, 0) is 89.9 Å². The SMILES string of the molecule is CC/C=C\C/C=C\C/C=C\C/C=C\C/C=C\C/C=C\CCCCCCCCCCCCC(=O)OC(COC(=O)CC/C=C\C/C=C\C/C=C\C/C=C\CC)COP(=O)(O)OCCN. The summed E-state index contributed by atoms with van der Waals surface area (Å²) in [5, 5.41) is 0. The van der Waals surface area contributed by atoms with Crippen LogP contribution in [0.15, 0.2) is 122 Å². The molecule has 0 amide bonds. The Morgan fingerprint density at radius 2 is 0.857 bits per heavy atom. The van der Waals surface area contributed by atoms with E-state index in [0.717, 1.165) is 89.9 Å². The maximum Gasteiger partial charge on any atom is 0.472 e. The van der Waals surface area contributed by atoms with Crippen molar-refractivity contribution in [3.8, 4) is 0 Å². The van der Waals surface area contributed by atoms with Gasteiger partial charge in [-0.25, -0.2) is 4.57 Å². The molecular weight excluding hydrogens is 810 g/mol. The first-order valence-electron chi connectivity index (χ1n) is 24.0. The molecule has 2 atom stereocenters. The molecule has 0 radical (unpaired) electrons. The Labute approximate surface area is 383 Å². The van der Waals surface area contributed by atoms with Gasteiger partial charge in [-0.2, -0.15) is 0 Å². The Morgan fingerprint density at radius 3 is 1.29 bits per heavy atom. The van der Waals surface area contributed by atoms with Crippen molar-refractivity contribution in [3.05, 3.63) is 122 Å². The van der Waals surface area contributed by atoms with Gasteiger partial charge < -0.3 is 20.1 Å². The molecule has 0 aliphatic carbocycles. The van der Waals surface area contributed by atoms with Crippen molar-refractivity contribution < 1.29 is 37.6 Å². The van der Waals surface area contributed by atoms with Gasteiger partial charge in [0.05, 0.1) is 13.2 Å². The molecule has 0 aromatic heterocycles. The fourth-order valence-corrected chi connectivity index (χ4v) is 6.65. The van der Waals surface area contributed by atoms with Crippen LogP contribution in [0, 0.1) is 0 Å². The molecule has 356 valence electrons. The predicted molar refractivity (Wildman–Crippen MR) is 265 cm³/mol. The summed E-state index contributed by atoms with van der Waals surface area (Å²) in [5.41, 5.74) is 5.35. The number of carbonyl (C=O) groups excluding carboxylic acids is 2. The average Bonchev–Trinajstić information content (AvgIpc) is 3.27. The van der Waals surface area contributed by atoms with Gasteiger partial charge in [-0.1, -0.05) is 187 Å². The van der Waals surface area contributed by atoms with Crippen molar-refractivity contribution in [1.29, 1.82) is 0 Å². The minimum absolute atomic E-state index is 0.0372. The number of ether oxygens (including phenoxy) is 2. The second-order valence-corrected chi connectivity index (χ2v) is 16.7. The average molecular weight is 896 g/mol. The highest BCUT2D eigenvalue weighted by Gasteiger charge is 2.25. The molecule has 0 aliphatic heterocycles. The molecule has 0 rings (SSSR count). The normalized spacial score (nSPS) is 14.3. The smallest absolute Gasteiger partial charge is 0.462 e. The maximum absolute atomic E-state index is 12.6. The lowest BCUT2D eigenvalue weighted by atomic mass is 10.0. The van der Waals surface area contributed by atoms with Crippen LogP contribution in [0.25, 0.3) is 0 Å². The van der Waals surface area contributed by atoms with Crippen LogP contribution in [-0.2, 0) is 32.7 Å². The quantitative estimate of drug-likeness (QED) is 0.0265. The lowest BCUT2D eigenvalue weighted by molar-refractivity contribution is -0.161. The molecule has 0 saturated heterocycles. The Bertz CT molecular complexity index is 1440. The van der Waals surface area contributed by atoms with E-state index < -0.39 is 32.5 Å². The molecule has 0 heterocycles. The number of phosphoric ester groups is 1. The summed E-state index contributed by atoms with van der Waals surface area (Å²) in [6.07, 6.45) is 65.5. The molecule has 10 heteroatoms. The van der Waals surface area contributed by atoms with Crippen LogP contribution in [0.4, 0.5) is 0 Å². The number of hydrogen-bond acceptors (Lipinski definition) is 8. The number of carbonyl (C=O) groups is 2. The fraction of sp³-hybridized carbons (Fsp3) is 0.585. The minimum Gasteiger partial charge on any atom is -0.462 e. The highest BCUT2D eigenvalue weighted by atomic mass is 31.2. The van der Waals surface area contributed by atoms with Gasteiger partial charge in [0, 0.05) is 19.4 Å². The highest BCUT2D eigenvalue weighted by Crippen LogP contribution is 2.43. The molecule has 0 aliphatic rings. The summed E-state index contributed by atoms with van der Waals surface area (Å²) in [6.45, 7) is 3.39. The van der Waals surface area contributed by atoms with E-state index >= 15 is 0 Å². The molecule has 3 N–H and O–H groups in total. The summed E-state index contributed by atoms with van der Waals surface area (Å²) in [4.78, 5) is 34.9. The number of allylic oxidation sites excluding steroid dienone is 20. The zero-order valence-corrected chi connectivity index (χ0v) is 40.1. The van der Waals surface area contributed by atoms with Gasteiger partial charge in [-0.15, -0.1) is 0 Å². The second-order valence-electron chi connectivity index (χ2n) is 15.2. The van der Waals surface area contributed by atoms with Crippen molar-refractivity contribution in [3.63, 3.8) is 0 Å². The molecule has 0 saturated carbocycles. The third kappa shape index (κ3) is 47.7. The second kappa shape index (κ2) is 47.9. The van der Waals surface area contributed by atoms with Crippen molar-refractivity contribution >= 4 is 19.8 Å². The van der Waals surface area contributed by atoms with E-state index in [0.29, 0.717) is 12.8 Å². The first kappa shape index (κ1) is 59.4. The molecule has 0 fully saturated rings. The van der Waals surface area contributed by atoms with Gasteiger partial charge in [0.1, 0.15) is 6.61 Å². The largest absolute Gasteiger partial charge is 0.472 e. The standard InChI is InChI=1S/C53H86NO8P/c1-3-5-7-9-11-13-15-17-18-19-20-21-22-23-24-25-26-27-28-29-30-31-32-34-36-38-40-42-44-46-53(56)62-51(50-61-63(57,58)60-48-47-54)49-59-52(55)45-43-41-39-37-35-33-16-14-12-10-8-6-4-2/h5-8,11-14,17-18,20-21,23-24,26-27,33,35,39,41,51H,3-4,9-10,15-16,19,22,25,28-32,34,36-38,40,42-50,54H2,1-2H3,(H,57,58)/b7-5-,8-6-,13-11-,14-12-,18-17-,21-20-,24-23-,27-26-,35-33-,41-39-. The van der Waals surface area contributed by atoms with Gasteiger partial charge in [0.25, 0.3) is 0 Å². The molecule has 0 aromatic rings. The number of hydrogen-bond donors (Lipinski definition) is 2. The summed E-state index contributed by atoms with van der Waals surface area (Å²) in [6, 6.07) is 0. The van der Waals surface area contributed by atoms with E-state index in [4.69, 9.17) is 24.3 Å². The maximum atomic E-state index is 12.6. The van der Waals surface area contributed by atoms with Crippen molar-refractivity contribution in [2.75, 3.05) is 26.4 Å². The zero-order valence-electron chi connectivity index (χ0n) is 39.3. The van der Waals surface area contributed by atoms with E-state index in [-0.39, 0.29) is 32.6 Å². The molecule has 0 spiro atoms. The van der Waals surface area contributed by atoms with E-state index in [9.17, 15) is 19.0 Å². The van der Waals surface area contributed by atoms with E-state index in [1.54, 1.807) is 0 Å². The number of unbranched alkanes of at least 4 members (excludes halogenated alkanes) is 10. The van der Waals surface area contributed by atoms with Crippen LogP contribution in [0.1, 0.15) is 168 Å². The Kier molecular flexibility index (Phi) is 45.2. The van der Waals surface area contributed by atoms with Crippen LogP contribution < -0.4 is 5.73 Å². The summed E-state index contributed by atoms with van der Waals surface area (Å²) in [7, 11) is -4.40. The monoisotopic (exact) mass is 896 g/mol. The molecular formula is C53H86NO8P. The van der Waals surface area contributed by atoms with Gasteiger partial charge >= 0.3 is 19.8 Å². The van der Waals surface area contributed by atoms with Gasteiger partial charge in [-0.3, -0.25) is 18.6 Å². The molecule has 2 unspecified atom stereocenters. The third-order valence-corrected chi connectivity index (χ3v) is 10.3. The van der Waals surface area contributed by atoms with Crippen LogP contribution in [0.3, 0.4) is 0 Å². The van der Waals surface area contributed by atoms with Crippen LogP contribution in [0.2, 0.25) is 0 Å². The predicted octanol–water partition coefficient (Wildman–Crippen LogP) is 14.5. The Morgan fingerprint density at radius 1 is 0.476 bits per heavy atom. The van der Waals surface area contributed by atoms with Crippen molar-refractivity contribution in [1.82, 2.24) is 0 Å². The highest BCUT2D eigenvalue weighted by molar-refractivity contribution is 7.47. The van der Waals surface area contributed by atoms with E-state index in [1.807, 2.05) is 12.2 Å². The van der Waals surface area contributed by atoms with Crippen molar-refractivity contribution in [2.24, 2.45) is 5.73 Å². The topological polar surface area (TPSA) is 134 Å². The summed E-state index contributed by atoms with van der Waals surface area (Å²) >= 11 is 0. The molecule has 0 bridgehead atoms. The molecule has 0 aromatic carbocycles. The Hall–Kier alpha value is -3.59. The Balaban J connectivity index is 4.11. The van der Waals surface area contributed by atoms with Crippen LogP contribution in [0.5, 0.6) is 0 Å². The number of rotatable bonds is 43. The van der Waals surface area contributed by atoms with Crippen molar-refractivity contribution in [2.45, 2.75) is 174 Å². The number of nitrogens with two attached hydrogens (primary N) is 1. The van der Waals surface area contributed by atoms with Gasteiger partial charge in [0.15, 0.2) is 6.10 Å². The fourth-order valence-electron chi connectivity index (χ4n) is 5.89. The number of esters is 2. The summed E-state index contributed by atoms with van der Waals surface area (Å²) < 4.78 is 32.7. The van der Waals surface area contributed by atoms with Crippen LogP contribution >= 0.6 is 7.82 Å². The summed E-state index contributed by atoms with van der Waals surface area (Å²) in [5.74, 6) is -0.940. The lowest BCUT2D eigenvalue weighted by Gasteiger charge is -2.19. The minimum atomic E-state index is -4.40. The zero-order chi connectivity index (χ0) is 46.0. The lowest BCUT2D eigenvalue weighted by Crippen LogP contribution is -2.29. The van der Waals surface area contributed by atoms with Crippen LogP contribution in [-0.4, -0.2) is 49.3 Å². The van der Waals surface area contributed by atoms with E-state index in [2.05, 4.69) is 123 Å². The first-order valence-corrected chi connectivity index (χ1v) is 25.5. The molecule has 9 nitrogen and oxygen atoms in total.